The molecule has 0 saturated heterocycles. The molecule has 2 aromatic rings. The molecule has 2 N–H and O–H groups in total. The standard InChI is InChI=1S/C14H16BrNO2/c1-9-3-4-11(15)6-13(9)17-8-12-5-10(2)14(7-16)18-12/h3-6H,7-8,16H2,1-2H3. The number of hydrogen-bond donors (Lipinski definition) is 1. The Bertz CT molecular complexity index is 549. The molecule has 0 atom stereocenters. The lowest BCUT2D eigenvalue weighted by molar-refractivity contribution is 0.264. The van der Waals surface area contributed by atoms with Gasteiger partial charge in [-0.2, -0.15) is 0 Å². The van der Waals surface area contributed by atoms with E-state index in [1.807, 2.05) is 38.1 Å². The third-order valence-corrected chi connectivity index (χ3v) is 3.27. The molecule has 0 aliphatic rings. The molecule has 1 aromatic carbocycles. The van der Waals surface area contributed by atoms with Crippen molar-refractivity contribution in [2.45, 2.75) is 27.0 Å². The van der Waals surface area contributed by atoms with Gasteiger partial charge in [-0.3, -0.25) is 0 Å². The molecule has 4 heteroatoms. The van der Waals surface area contributed by atoms with Gasteiger partial charge in [-0.05, 0) is 43.2 Å². The average Bonchev–Trinajstić information content (AvgIpc) is 2.71. The maximum Gasteiger partial charge on any atom is 0.146 e. The summed E-state index contributed by atoms with van der Waals surface area (Å²) in [6, 6.07) is 7.92. The van der Waals surface area contributed by atoms with Crippen molar-refractivity contribution in [2.75, 3.05) is 0 Å². The van der Waals surface area contributed by atoms with Gasteiger partial charge in [-0.15, -0.1) is 0 Å². The molecule has 0 unspecified atom stereocenters. The molecule has 2 rings (SSSR count). The number of rotatable bonds is 4. The molecule has 1 heterocycles. The van der Waals surface area contributed by atoms with Crippen LogP contribution in [-0.4, -0.2) is 0 Å². The van der Waals surface area contributed by atoms with Crippen LogP contribution in [0.1, 0.15) is 22.6 Å². The van der Waals surface area contributed by atoms with Crippen molar-refractivity contribution in [2.24, 2.45) is 5.73 Å². The minimum atomic E-state index is 0.415. The molecular formula is C14H16BrNO2. The summed E-state index contributed by atoms with van der Waals surface area (Å²) in [6.45, 7) is 4.83. The zero-order valence-corrected chi connectivity index (χ0v) is 12.1. The number of hydrogen-bond acceptors (Lipinski definition) is 3. The van der Waals surface area contributed by atoms with E-state index in [0.717, 1.165) is 32.9 Å². The summed E-state index contributed by atoms with van der Waals surface area (Å²) in [4.78, 5) is 0. The van der Waals surface area contributed by atoms with Gasteiger partial charge < -0.3 is 14.9 Å². The Labute approximate surface area is 115 Å². The van der Waals surface area contributed by atoms with E-state index in [0.29, 0.717) is 13.2 Å². The number of aryl methyl sites for hydroxylation is 2. The summed E-state index contributed by atoms with van der Waals surface area (Å²) >= 11 is 3.43. The molecule has 0 bridgehead atoms. The predicted octanol–water partition coefficient (Wildman–Crippen LogP) is 3.70. The van der Waals surface area contributed by atoms with Gasteiger partial charge in [-0.25, -0.2) is 0 Å². The number of furan rings is 1. The first kappa shape index (κ1) is 13.2. The maximum atomic E-state index is 5.75. The fourth-order valence-corrected chi connectivity index (χ4v) is 2.08. The van der Waals surface area contributed by atoms with E-state index >= 15 is 0 Å². The summed E-state index contributed by atoms with van der Waals surface area (Å²) in [5.74, 6) is 2.47. The van der Waals surface area contributed by atoms with Crippen molar-refractivity contribution in [1.82, 2.24) is 0 Å². The number of halogens is 1. The third kappa shape index (κ3) is 2.94. The highest BCUT2D eigenvalue weighted by Gasteiger charge is 2.07. The van der Waals surface area contributed by atoms with Crippen molar-refractivity contribution in [3.63, 3.8) is 0 Å². The van der Waals surface area contributed by atoms with E-state index in [1.54, 1.807) is 0 Å². The molecule has 0 spiro atoms. The highest BCUT2D eigenvalue weighted by atomic mass is 79.9. The fourth-order valence-electron chi connectivity index (χ4n) is 1.74. The predicted molar refractivity (Wildman–Crippen MR) is 74.5 cm³/mol. The van der Waals surface area contributed by atoms with E-state index < -0.39 is 0 Å². The van der Waals surface area contributed by atoms with Crippen molar-refractivity contribution in [3.8, 4) is 5.75 Å². The lowest BCUT2D eigenvalue weighted by Crippen LogP contribution is -1.97. The van der Waals surface area contributed by atoms with Crippen LogP contribution in [-0.2, 0) is 13.2 Å². The van der Waals surface area contributed by atoms with Crippen molar-refractivity contribution in [1.29, 1.82) is 0 Å². The first-order chi connectivity index (χ1) is 8.60. The summed E-state index contributed by atoms with van der Waals surface area (Å²) in [5.41, 5.74) is 7.74. The molecule has 96 valence electrons. The van der Waals surface area contributed by atoms with Crippen LogP contribution < -0.4 is 10.5 Å². The van der Waals surface area contributed by atoms with Crippen molar-refractivity contribution >= 4 is 15.9 Å². The summed E-state index contributed by atoms with van der Waals surface area (Å²) in [6.07, 6.45) is 0. The smallest absolute Gasteiger partial charge is 0.146 e. The largest absolute Gasteiger partial charge is 0.485 e. The first-order valence-corrected chi connectivity index (χ1v) is 6.56. The Kier molecular flexibility index (Phi) is 4.09. The molecule has 0 aliphatic carbocycles. The SMILES string of the molecule is Cc1ccc(Br)cc1OCc1cc(C)c(CN)o1. The topological polar surface area (TPSA) is 48.4 Å². The van der Waals surface area contributed by atoms with Crippen LogP contribution >= 0.6 is 15.9 Å². The zero-order valence-electron chi connectivity index (χ0n) is 10.5. The Morgan fingerprint density at radius 2 is 2.00 bits per heavy atom. The van der Waals surface area contributed by atoms with Crippen LogP contribution in [0.25, 0.3) is 0 Å². The van der Waals surface area contributed by atoms with E-state index in [2.05, 4.69) is 15.9 Å². The van der Waals surface area contributed by atoms with Crippen molar-refractivity contribution < 1.29 is 9.15 Å². The third-order valence-electron chi connectivity index (χ3n) is 2.78. The quantitative estimate of drug-likeness (QED) is 0.937. The Balaban J connectivity index is 2.08. The van der Waals surface area contributed by atoms with E-state index in [1.165, 1.54) is 0 Å². The van der Waals surface area contributed by atoms with Crippen LogP contribution in [0, 0.1) is 13.8 Å². The molecular weight excluding hydrogens is 294 g/mol. The lowest BCUT2D eigenvalue weighted by Gasteiger charge is -2.07. The first-order valence-electron chi connectivity index (χ1n) is 5.77. The van der Waals surface area contributed by atoms with Crippen LogP contribution in [0.5, 0.6) is 5.75 Å². The molecule has 0 radical (unpaired) electrons. The molecule has 1 aromatic heterocycles. The van der Waals surface area contributed by atoms with E-state index in [9.17, 15) is 0 Å². The minimum absolute atomic E-state index is 0.415. The second-order valence-corrected chi connectivity index (χ2v) is 5.14. The molecule has 0 saturated carbocycles. The maximum absolute atomic E-state index is 5.75. The second-order valence-electron chi connectivity index (χ2n) is 4.22. The Morgan fingerprint density at radius 1 is 1.22 bits per heavy atom. The summed E-state index contributed by atoms with van der Waals surface area (Å²) in [7, 11) is 0. The monoisotopic (exact) mass is 309 g/mol. The van der Waals surface area contributed by atoms with Crippen molar-refractivity contribution in [3.05, 3.63) is 51.4 Å². The van der Waals surface area contributed by atoms with E-state index in [4.69, 9.17) is 14.9 Å². The highest BCUT2D eigenvalue weighted by molar-refractivity contribution is 9.10. The minimum Gasteiger partial charge on any atom is -0.485 e. The Morgan fingerprint density at radius 3 is 2.67 bits per heavy atom. The van der Waals surface area contributed by atoms with Gasteiger partial charge in [0.15, 0.2) is 0 Å². The molecule has 3 nitrogen and oxygen atoms in total. The number of benzene rings is 1. The lowest BCUT2D eigenvalue weighted by atomic mass is 10.2. The van der Waals surface area contributed by atoms with Gasteiger partial charge in [0.1, 0.15) is 23.9 Å². The van der Waals surface area contributed by atoms with Gasteiger partial charge in [-0.1, -0.05) is 22.0 Å². The normalized spacial score (nSPS) is 10.7. The van der Waals surface area contributed by atoms with Gasteiger partial charge in [0.2, 0.25) is 0 Å². The molecule has 0 amide bonds. The van der Waals surface area contributed by atoms with Crippen LogP contribution in [0.4, 0.5) is 0 Å². The van der Waals surface area contributed by atoms with Crippen LogP contribution in [0.2, 0.25) is 0 Å². The summed E-state index contributed by atoms with van der Waals surface area (Å²) in [5, 5.41) is 0. The fraction of sp³-hybridized carbons (Fsp3) is 0.286. The molecule has 0 aliphatic heterocycles. The van der Waals surface area contributed by atoms with Gasteiger partial charge in [0.25, 0.3) is 0 Å². The molecule has 0 fully saturated rings. The zero-order chi connectivity index (χ0) is 13.1. The van der Waals surface area contributed by atoms with Gasteiger partial charge in [0.05, 0.1) is 6.54 Å². The molecule has 18 heavy (non-hydrogen) atoms. The second kappa shape index (κ2) is 5.59. The van der Waals surface area contributed by atoms with E-state index in [-0.39, 0.29) is 0 Å². The summed E-state index contributed by atoms with van der Waals surface area (Å²) < 4.78 is 12.3. The average molecular weight is 310 g/mol. The van der Waals surface area contributed by atoms with Crippen LogP contribution in [0.3, 0.4) is 0 Å². The van der Waals surface area contributed by atoms with Gasteiger partial charge in [0, 0.05) is 4.47 Å². The van der Waals surface area contributed by atoms with Gasteiger partial charge >= 0.3 is 0 Å². The van der Waals surface area contributed by atoms with Crippen LogP contribution in [0.15, 0.2) is 33.2 Å². The Hall–Kier alpha value is -1.26. The number of ether oxygens (including phenoxy) is 1. The highest BCUT2D eigenvalue weighted by Crippen LogP contribution is 2.24. The number of nitrogens with two attached hydrogens (primary N) is 1.